The number of carbonyl (C=O) groups is 1. The first kappa shape index (κ1) is 15.6. The molecule has 1 aromatic heterocycles. The van der Waals surface area contributed by atoms with Crippen LogP contribution in [0.5, 0.6) is 0 Å². The molecule has 0 saturated carbocycles. The Kier molecular flexibility index (Phi) is 5.65. The number of aromatic nitrogens is 1. The van der Waals surface area contributed by atoms with Gasteiger partial charge in [-0.2, -0.15) is 11.8 Å². The third-order valence-corrected chi connectivity index (χ3v) is 4.97. The molecule has 1 aliphatic rings. The van der Waals surface area contributed by atoms with E-state index in [1.807, 2.05) is 35.5 Å². The maximum absolute atomic E-state index is 12.0. The summed E-state index contributed by atoms with van der Waals surface area (Å²) in [7, 11) is 0. The molecule has 1 aliphatic heterocycles. The summed E-state index contributed by atoms with van der Waals surface area (Å²) in [6.07, 6.45) is 0.535. The number of nitrogens with one attached hydrogen (secondary N) is 2. The zero-order valence-corrected chi connectivity index (χ0v) is 13.2. The van der Waals surface area contributed by atoms with Gasteiger partial charge in [0.1, 0.15) is 0 Å². The monoisotopic (exact) mass is 329 g/mol. The molecular weight excluding hydrogens is 314 g/mol. The van der Waals surface area contributed by atoms with Crippen LogP contribution in [0, 0.1) is 0 Å². The molecule has 3 rings (SSSR count). The molecule has 20 heavy (non-hydrogen) atoms. The number of amides is 1. The van der Waals surface area contributed by atoms with E-state index in [0.717, 1.165) is 34.0 Å². The summed E-state index contributed by atoms with van der Waals surface area (Å²) in [4.78, 5) is 16.2. The molecular formula is C13H16ClN3OS2. The number of rotatable bonds is 3. The van der Waals surface area contributed by atoms with Gasteiger partial charge in [0.25, 0.3) is 0 Å². The maximum atomic E-state index is 12.0. The summed E-state index contributed by atoms with van der Waals surface area (Å²) in [6, 6.07) is 6.12. The first-order chi connectivity index (χ1) is 9.31. The standard InChI is InChI=1S/C13H15N3OS2.ClH/c17-13(6-10-7-18-4-3-14-10)16-9-1-2-11-12(5-9)19-8-15-11;/h1-2,5,8,10,14H,3-4,6-7H2,(H,16,17);1H. The number of carbonyl (C=O) groups excluding carboxylic acids is 1. The van der Waals surface area contributed by atoms with Crippen LogP contribution in [0.25, 0.3) is 10.2 Å². The number of nitrogens with zero attached hydrogens (tertiary/aromatic N) is 1. The fourth-order valence-corrected chi connectivity index (χ4v) is 3.78. The number of fused-ring (bicyclic) bond motifs is 1. The second-order valence-electron chi connectivity index (χ2n) is 4.51. The molecule has 4 nitrogen and oxygen atoms in total. The largest absolute Gasteiger partial charge is 0.326 e. The molecule has 2 aromatic rings. The Hall–Kier alpha value is -0.820. The zero-order chi connectivity index (χ0) is 13.1. The Bertz CT molecular complexity index is 584. The van der Waals surface area contributed by atoms with Crippen molar-refractivity contribution in [2.75, 3.05) is 23.4 Å². The molecule has 1 saturated heterocycles. The van der Waals surface area contributed by atoms with Crippen molar-refractivity contribution in [2.24, 2.45) is 0 Å². The Morgan fingerprint density at radius 2 is 2.40 bits per heavy atom. The molecule has 0 bridgehead atoms. The SMILES string of the molecule is Cl.O=C(CC1CSCCN1)Nc1ccc2ncsc2c1. The molecule has 1 atom stereocenters. The van der Waals surface area contributed by atoms with E-state index in [-0.39, 0.29) is 18.3 Å². The summed E-state index contributed by atoms with van der Waals surface area (Å²) >= 11 is 3.49. The van der Waals surface area contributed by atoms with Crippen LogP contribution >= 0.6 is 35.5 Å². The summed E-state index contributed by atoms with van der Waals surface area (Å²) < 4.78 is 1.10. The summed E-state index contributed by atoms with van der Waals surface area (Å²) in [5.74, 6) is 2.23. The fourth-order valence-electron chi connectivity index (χ4n) is 2.12. The lowest BCUT2D eigenvalue weighted by Gasteiger charge is -2.22. The molecule has 2 heterocycles. The molecule has 1 unspecified atom stereocenters. The van der Waals surface area contributed by atoms with Crippen LogP contribution in [0.1, 0.15) is 6.42 Å². The van der Waals surface area contributed by atoms with Gasteiger partial charge in [0, 0.05) is 36.2 Å². The van der Waals surface area contributed by atoms with E-state index < -0.39 is 0 Å². The van der Waals surface area contributed by atoms with Crippen LogP contribution in [-0.2, 0) is 4.79 Å². The number of hydrogen-bond acceptors (Lipinski definition) is 5. The van der Waals surface area contributed by atoms with E-state index in [2.05, 4.69) is 15.6 Å². The van der Waals surface area contributed by atoms with Crippen molar-refractivity contribution >= 4 is 57.3 Å². The van der Waals surface area contributed by atoms with Crippen molar-refractivity contribution in [3.05, 3.63) is 23.7 Å². The van der Waals surface area contributed by atoms with Crippen LogP contribution in [0.15, 0.2) is 23.7 Å². The van der Waals surface area contributed by atoms with Gasteiger partial charge in [0.05, 0.1) is 15.7 Å². The van der Waals surface area contributed by atoms with Gasteiger partial charge < -0.3 is 10.6 Å². The number of thiazole rings is 1. The minimum Gasteiger partial charge on any atom is -0.326 e. The Morgan fingerprint density at radius 3 is 3.20 bits per heavy atom. The minimum atomic E-state index is 0. The lowest BCUT2D eigenvalue weighted by molar-refractivity contribution is -0.116. The lowest BCUT2D eigenvalue weighted by Crippen LogP contribution is -2.39. The van der Waals surface area contributed by atoms with Crippen molar-refractivity contribution in [1.82, 2.24) is 10.3 Å². The van der Waals surface area contributed by atoms with Crippen LogP contribution in [0.2, 0.25) is 0 Å². The van der Waals surface area contributed by atoms with E-state index in [1.54, 1.807) is 11.3 Å². The predicted octanol–water partition coefficient (Wildman–Crippen LogP) is 2.75. The topological polar surface area (TPSA) is 54.0 Å². The molecule has 0 radical (unpaired) electrons. The number of halogens is 1. The van der Waals surface area contributed by atoms with E-state index in [1.165, 1.54) is 0 Å². The van der Waals surface area contributed by atoms with Gasteiger partial charge in [-0.3, -0.25) is 4.79 Å². The van der Waals surface area contributed by atoms with Gasteiger partial charge in [0.2, 0.25) is 5.91 Å². The smallest absolute Gasteiger partial charge is 0.225 e. The third-order valence-electron chi connectivity index (χ3n) is 3.05. The van der Waals surface area contributed by atoms with Crippen molar-refractivity contribution in [2.45, 2.75) is 12.5 Å². The van der Waals surface area contributed by atoms with E-state index in [4.69, 9.17) is 0 Å². The molecule has 0 aliphatic carbocycles. The molecule has 1 aromatic carbocycles. The molecule has 108 valence electrons. The zero-order valence-electron chi connectivity index (χ0n) is 10.8. The Labute approximate surface area is 132 Å². The van der Waals surface area contributed by atoms with Gasteiger partial charge in [-0.25, -0.2) is 4.98 Å². The van der Waals surface area contributed by atoms with Crippen LogP contribution < -0.4 is 10.6 Å². The normalized spacial score (nSPS) is 18.5. The second kappa shape index (κ2) is 7.26. The van der Waals surface area contributed by atoms with Crippen LogP contribution in [0.3, 0.4) is 0 Å². The van der Waals surface area contributed by atoms with E-state index in [0.29, 0.717) is 12.5 Å². The molecule has 2 N–H and O–H groups in total. The minimum absolute atomic E-state index is 0. The van der Waals surface area contributed by atoms with Gasteiger partial charge in [-0.1, -0.05) is 0 Å². The molecule has 7 heteroatoms. The number of hydrogen-bond donors (Lipinski definition) is 2. The van der Waals surface area contributed by atoms with Gasteiger partial charge in [-0.05, 0) is 18.2 Å². The average molecular weight is 330 g/mol. The van der Waals surface area contributed by atoms with Crippen molar-refractivity contribution in [3.63, 3.8) is 0 Å². The molecule has 1 fully saturated rings. The molecule has 0 spiro atoms. The van der Waals surface area contributed by atoms with Crippen LogP contribution in [0.4, 0.5) is 5.69 Å². The van der Waals surface area contributed by atoms with Gasteiger partial charge in [-0.15, -0.1) is 23.7 Å². The summed E-state index contributed by atoms with van der Waals surface area (Å²) in [5.41, 5.74) is 3.65. The highest BCUT2D eigenvalue weighted by Gasteiger charge is 2.16. The summed E-state index contributed by atoms with van der Waals surface area (Å²) in [5, 5.41) is 6.33. The third kappa shape index (κ3) is 3.85. The number of thioether (sulfide) groups is 1. The van der Waals surface area contributed by atoms with Crippen LogP contribution in [-0.4, -0.2) is 35.0 Å². The highest BCUT2D eigenvalue weighted by Crippen LogP contribution is 2.22. The Balaban J connectivity index is 0.00000147. The number of anilines is 1. The van der Waals surface area contributed by atoms with Crippen molar-refractivity contribution in [3.8, 4) is 0 Å². The second-order valence-corrected chi connectivity index (χ2v) is 6.55. The number of benzene rings is 1. The molecule has 1 amide bonds. The summed E-state index contributed by atoms with van der Waals surface area (Å²) in [6.45, 7) is 0.995. The Morgan fingerprint density at radius 1 is 1.50 bits per heavy atom. The van der Waals surface area contributed by atoms with E-state index >= 15 is 0 Å². The lowest BCUT2D eigenvalue weighted by atomic mass is 10.2. The first-order valence-corrected chi connectivity index (χ1v) is 8.29. The van der Waals surface area contributed by atoms with Gasteiger partial charge in [0.15, 0.2) is 0 Å². The quantitative estimate of drug-likeness (QED) is 0.909. The highest BCUT2D eigenvalue weighted by atomic mass is 35.5. The maximum Gasteiger partial charge on any atom is 0.225 e. The van der Waals surface area contributed by atoms with Gasteiger partial charge >= 0.3 is 0 Å². The van der Waals surface area contributed by atoms with Crippen molar-refractivity contribution < 1.29 is 4.79 Å². The highest BCUT2D eigenvalue weighted by molar-refractivity contribution is 7.99. The first-order valence-electron chi connectivity index (χ1n) is 6.25. The average Bonchev–Trinajstić information content (AvgIpc) is 2.87. The van der Waals surface area contributed by atoms with E-state index in [9.17, 15) is 4.79 Å². The predicted molar refractivity (Wildman–Crippen MR) is 89.2 cm³/mol. The van der Waals surface area contributed by atoms with Crippen molar-refractivity contribution in [1.29, 1.82) is 0 Å². The fraction of sp³-hybridized carbons (Fsp3) is 0.385.